The first-order chi connectivity index (χ1) is 15.9. The molecule has 1 amide bonds. The van der Waals surface area contributed by atoms with Gasteiger partial charge in [-0.2, -0.15) is 5.10 Å². The minimum Gasteiger partial charge on any atom is -0.480 e. The Morgan fingerprint density at radius 1 is 1.00 bits per heavy atom. The van der Waals surface area contributed by atoms with Gasteiger partial charge in [0.1, 0.15) is 5.75 Å². The van der Waals surface area contributed by atoms with E-state index in [4.69, 9.17) is 4.74 Å². The highest BCUT2D eigenvalue weighted by atomic mass is 79.9. The van der Waals surface area contributed by atoms with Crippen molar-refractivity contribution < 1.29 is 24.2 Å². The molecule has 0 fully saturated rings. The largest absolute Gasteiger partial charge is 0.480 e. The minimum atomic E-state index is -1.92. The highest BCUT2D eigenvalue weighted by Crippen LogP contribution is 2.34. The van der Waals surface area contributed by atoms with Crippen molar-refractivity contribution in [3.05, 3.63) is 98.4 Å². The van der Waals surface area contributed by atoms with Gasteiger partial charge in [0.25, 0.3) is 5.91 Å². The molecule has 0 aliphatic carbocycles. The topological polar surface area (TPSA) is 97.2 Å². The van der Waals surface area contributed by atoms with Crippen LogP contribution in [0.5, 0.6) is 5.75 Å². The van der Waals surface area contributed by atoms with Crippen molar-refractivity contribution in [3.63, 3.8) is 0 Å². The summed E-state index contributed by atoms with van der Waals surface area (Å²) in [6.45, 7) is -0.241. The molecule has 3 aromatic rings. The number of halogens is 2. The fourth-order valence-electron chi connectivity index (χ4n) is 3.02. The Bertz CT molecular complexity index is 1090. The number of nitrogens with one attached hydrogen (secondary N) is 1. The third-order valence-corrected chi connectivity index (χ3v) is 5.85. The van der Waals surface area contributed by atoms with E-state index in [-0.39, 0.29) is 6.61 Å². The maximum atomic E-state index is 13.1. The highest BCUT2D eigenvalue weighted by Gasteiger charge is 2.39. The van der Waals surface area contributed by atoms with Gasteiger partial charge in [-0.3, -0.25) is 4.79 Å². The van der Waals surface area contributed by atoms with Crippen LogP contribution in [0.25, 0.3) is 0 Å². The number of ether oxygens (including phenoxy) is 2. The molecule has 0 aliphatic rings. The third-order valence-electron chi connectivity index (χ3n) is 4.67. The summed E-state index contributed by atoms with van der Waals surface area (Å²) in [5.74, 6) is -0.789. The molecule has 0 radical (unpaired) electrons. The molecule has 9 heteroatoms. The molecule has 0 spiro atoms. The van der Waals surface area contributed by atoms with E-state index in [1.807, 2.05) is 0 Å². The van der Waals surface area contributed by atoms with Crippen LogP contribution in [-0.4, -0.2) is 36.9 Å². The molecule has 0 aliphatic heterocycles. The van der Waals surface area contributed by atoms with Gasteiger partial charge in [-0.15, -0.1) is 0 Å². The molecule has 0 heterocycles. The fraction of sp³-hybridized carbons (Fsp3) is 0.125. The second kappa shape index (κ2) is 11.2. The number of aliphatic hydroxyl groups is 1. The lowest BCUT2D eigenvalue weighted by molar-refractivity contribution is -0.143. The zero-order valence-corrected chi connectivity index (χ0v) is 20.7. The standard InChI is InChI=1S/C24H20Br2N2O5/c1-32-21(29)15-33-22-19(25)12-16(13-20(22)26)14-27-28-23(30)24(31,17-8-4-2-5-9-17)18-10-6-3-7-11-18/h2-14,31H,15H2,1H3,(H,28,30)/b27-14-. The molecule has 0 atom stereocenters. The van der Waals surface area contributed by atoms with Crippen LogP contribution in [0.3, 0.4) is 0 Å². The van der Waals surface area contributed by atoms with Gasteiger partial charge in [-0.05, 0) is 60.7 Å². The Morgan fingerprint density at radius 3 is 2.00 bits per heavy atom. The summed E-state index contributed by atoms with van der Waals surface area (Å²) in [5.41, 5.74) is 1.97. The molecule has 7 nitrogen and oxygen atoms in total. The van der Waals surface area contributed by atoms with Crippen LogP contribution in [0.15, 0.2) is 86.8 Å². The van der Waals surface area contributed by atoms with E-state index in [0.29, 0.717) is 31.4 Å². The number of hydrazone groups is 1. The molecule has 2 N–H and O–H groups in total. The van der Waals surface area contributed by atoms with Crippen molar-refractivity contribution >= 4 is 50.0 Å². The number of hydrogen-bond donors (Lipinski definition) is 2. The number of carbonyl (C=O) groups excluding carboxylic acids is 2. The Morgan fingerprint density at radius 2 is 1.52 bits per heavy atom. The molecule has 0 bridgehead atoms. The summed E-state index contributed by atoms with van der Waals surface area (Å²) >= 11 is 6.78. The maximum Gasteiger partial charge on any atom is 0.343 e. The first-order valence-electron chi connectivity index (χ1n) is 9.72. The van der Waals surface area contributed by atoms with E-state index < -0.39 is 17.5 Å². The van der Waals surface area contributed by atoms with Crippen LogP contribution < -0.4 is 10.2 Å². The van der Waals surface area contributed by atoms with Crippen molar-refractivity contribution in [1.29, 1.82) is 0 Å². The fourth-order valence-corrected chi connectivity index (χ4v) is 4.47. The second-order valence-corrected chi connectivity index (χ2v) is 8.53. The lowest BCUT2D eigenvalue weighted by atomic mass is 9.85. The number of hydrogen-bond acceptors (Lipinski definition) is 6. The first kappa shape index (κ1) is 24.6. The quantitative estimate of drug-likeness (QED) is 0.239. The Balaban J connectivity index is 1.80. The Hall–Kier alpha value is -3.01. The summed E-state index contributed by atoms with van der Waals surface area (Å²) in [7, 11) is 1.28. The van der Waals surface area contributed by atoms with E-state index in [9.17, 15) is 14.7 Å². The number of benzene rings is 3. The van der Waals surface area contributed by atoms with Gasteiger partial charge in [-0.25, -0.2) is 10.2 Å². The first-order valence-corrected chi connectivity index (χ1v) is 11.3. The van der Waals surface area contributed by atoms with Gasteiger partial charge in [0.05, 0.1) is 22.3 Å². The number of esters is 1. The van der Waals surface area contributed by atoms with Crippen molar-refractivity contribution in [1.82, 2.24) is 5.43 Å². The van der Waals surface area contributed by atoms with Crippen LogP contribution in [-0.2, 0) is 19.9 Å². The lowest BCUT2D eigenvalue weighted by Gasteiger charge is -2.27. The molecular weight excluding hydrogens is 556 g/mol. The van der Waals surface area contributed by atoms with Crippen LogP contribution in [0.2, 0.25) is 0 Å². The van der Waals surface area contributed by atoms with E-state index >= 15 is 0 Å². The maximum absolute atomic E-state index is 13.1. The summed E-state index contributed by atoms with van der Waals surface area (Å²) in [5, 5.41) is 15.4. The van der Waals surface area contributed by atoms with Gasteiger partial charge in [0.15, 0.2) is 12.2 Å². The Kier molecular flexibility index (Phi) is 8.37. The number of methoxy groups -OCH3 is 1. The minimum absolute atomic E-state index is 0.241. The van der Waals surface area contributed by atoms with Crippen LogP contribution in [0, 0.1) is 0 Å². The van der Waals surface area contributed by atoms with Gasteiger partial charge in [0, 0.05) is 0 Å². The molecule has 3 aromatic carbocycles. The number of nitrogens with zero attached hydrogens (tertiary/aromatic N) is 1. The monoisotopic (exact) mass is 574 g/mol. The molecule has 0 aromatic heterocycles. The van der Waals surface area contributed by atoms with E-state index in [2.05, 4.69) is 47.1 Å². The van der Waals surface area contributed by atoms with E-state index in [1.165, 1.54) is 13.3 Å². The zero-order valence-electron chi connectivity index (χ0n) is 17.5. The number of carbonyl (C=O) groups is 2. The second-order valence-electron chi connectivity index (χ2n) is 6.82. The average molecular weight is 576 g/mol. The van der Waals surface area contributed by atoms with Crippen LogP contribution in [0.1, 0.15) is 16.7 Å². The van der Waals surface area contributed by atoms with Crippen LogP contribution in [0.4, 0.5) is 0 Å². The molecule has 33 heavy (non-hydrogen) atoms. The smallest absolute Gasteiger partial charge is 0.343 e. The van der Waals surface area contributed by atoms with Gasteiger partial charge >= 0.3 is 5.97 Å². The molecule has 0 unspecified atom stereocenters. The normalized spacial score (nSPS) is 11.3. The van der Waals surface area contributed by atoms with E-state index in [1.54, 1.807) is 72.8 Å². The van der Waals surface area contributed by atoms with Crippen molar-refractivity contribution in [2.45, 2.75) is 5.60 Å². The average Bonchev–Trinajstić information content (AvgIpc) is 2.83. The number of amides is 1. The van der Waals surface area contributed by atoms with Crippen molar-refractivity contribution in [3.8, 4) is 5.75 Å². The predicted octanol–water partition coefficient (Wildman–Crippen LogP) is 4.15. The Labute approximate surface area is 207 Å². The van der Waals surface area contributed by atoms with E-state index in [0.717, 1.165) is 0 Å². The summed E-state index contributed by atoms with van der Waals surface area (Å²) in [6, 6.07) is 20.7. The summed E-state index contributed by atoms with van der Waals surface area (Å²) in [4.78, 5) is 24.4. The summed E-state index contributed by atoms with van der Waals surface area (Å²) < 4.78 is 11.1. The van der Waals surface area contributed by atoms with Gasteiger partial charge in [0.2, 0.25) is 0 Å². The number of rotatable bonds is 8. The van der Waals surface area contributed by atoms with Gasteiger partial charge in [-0.1, -0.05) is 60.7 Å². The SMILES string of the molecule is COC(=O)COc1c(Br)cc(/C=N\NC(=O)C(O)(c2ccccc2)c2ccccc2)cc1Br. The summed E-state index contributed by atoms with van der Waals surface area (Å²) in [6.07, 6.45) is 1.42. The molecule has 170 valence electrons. The zero-order chi connectivity index (χ0) is 23.8. The molecular formula is C24H20Br2N2O5. The van der Waals surface area contributed by atoms with Crippen molar-refractivity contribution in [2.24, 2.45) is 5.10 Å². The van der Waals surface area contributed by atoms with Gasteiger partial charge < -0.3 is 14.6 Å². The molecule has 0 saturated heterocycles. The lowest BCUT2D eigenvalue weighted by Crippen LogP contribution is -2.43. The van der Waals surface area contributed by atoms with Crippen LogP contribution >= 0.6 is 31.9 Å². The van der Waals surface area contributed by atoms with Crippen molar-refractivity contribution in [2.75, 3.05) is 13.7 Å². The predicted molar refractivity (Wildman–Crippen MR) is 131 cm³/mol. The third kappa shape index (κ3) is 5.87. The molecule has 3 rings (SSSR count). The highest BCUT2D eigenvalue weighted by molar-refractivity contribution is 9.11. The molecule has 0 saturated carbocycles.